The summed E-state index contributed by atoms with van der Waals surface area (Å²) < 4.78 is 5.36. The van der Waals surface area contributed by atoms with Crippen LogP contribution in [0, 0.1) is 0 Å². The number of hydrogen-bond donors (Lipinski definition) is 1. The molecule has 0 spiro atoms. The predicted molar refractivity (Wildman–Crippen MR) is 70.5 cm³/mol. The number of amides is 1. The zero-order chi connectivity index (χ0) is 14.0. The normalized spacial score (nSPS) is 15.1. The van der Waals surface area contributed by atoms with E-state index in [0.29, 0.717) is 25.2 Å². The summed E-state index contributed by atoms with van der Waals surface area (Å²) >= 11 is 0. The van der Waals surface area contributed by atoms with Crippen molar-refractivity contribution in [2.75, 3.05) is 6.54 Å². The molecule has 0 aliphatic carbocycles. The number of aliphatic hydroxyl groups excluding tert-OH is 1. The van der Waals surface area contributed by atoms with Crippen LogP contribution in [0.25, 0.3) is 0 Å². The standard InChI is InChI=1S/C14H20N2O3/c1-14(2,3)19-13(18)16-7-6-12-10(8-16)4-5-11(9-17)15-12/h4-5,17H,6-9H2,1-3H3. The van der Waals surface area contributed by atoms with Crippen LogP contribution in [0.2, 0.25) is 0 Å². The second kappa shape index (κ2) is 5.17. The van der Waals surface area contributed by atoms with Crippen LogP contribution < -0.4 is 0 Å². The Balaban J connectivity index is 2.08. The van der Waals surface area contributed by atoms with Crippen molar-refractivity contribution < 1.29 is 14.6 Å². The summed E-state index contributed by atoms with van der Waals surface area (Å²) in [6, 6.07) is 3.71. The Morgan fingerprint density at radius 2 is 2.21 bits per heavy atom. The lowest BCUT2D eigenvalue weighted by Crippen LogP contribution is -2.40. The molecule has 1 aliphatic heterocycles. The lowest BCUT2D eigenvalue weighted by Gasteiger charge is -2.30. The molecule has 1 aromatic rings. The number of fused-ring (bicyclic) bond motifs is 1. The third kappa shape index (κ3) is 3.44. The molecule has 0 radical (unpaired) electrons. The molecular formula is C14H20N2O3. The quantitative estimate of drug-likeness (QED) is 0.841. The summed E-state index contributed by atoms with van der Waals surface area (Å²) in [5, 5.41) is 9.06. The zero-order valence-electron chi connectivity index (χ0n) is 11.6. The highest BCUT2D eigenvalue weighted by atomic mass is 16.6. The van der Waals surface area contributed by atoms with Crippen LogP contribution in [0.4, 0.5) is 4.79 Å². The van der Waals surface area contributed by atoms with Gasteiger partial charge in [-0.3, -0.25) is 4.98 Å². The molecule has 0 saturated heterocycles. The first-order valence-electron chi connectivity index (χ1n) is 6.45. The average Bonchev–Trinajstić information content (AvgIpc) is 2.35. The number of nitrogens with zero attached hydrogens (tertiary/aromatic N) is 2. The molecule has 1 amide bonds. The molecule has 0 unspecified atom stereocenters. The molecule has 1 aliphatic rings. The third-order valence-corrected chi connectivity index (χ3v) is 2.92. The number of ether oxygens (including phenoxy) is 1. The topological polar surface area (TPSA) is 62.7 Å². The summed E-state index contributed by atoms with van der Waals surface area (Å²) in [5.74, 6) is 0. The van der Waals surface area contributed by atoms with Crippen LogP contribution in [0.1, 0.15) is 37.7 Å². The van der Waals surface area contributed by atoms with Crippen LogP contribution in [0.3, 0.4) is 0 Å². The first-order chi connectivity index (χ1) is 8.89. The number of aliphatic hydroxyl groups is 1. The van der Waals surface area contributed by atoms with Gasteiger partial charge in [0.25, 0.3) is 0 Å². The van der Waals surface area contributed by atoms with Crippen LogP contribution in [0.5, 0.6) is 0 Å². The van der Waals surface area contributed by atoms with Crippen molar-refractivity contribution in [1.82, 2.24) is 9.88 Å². The SMILES string of the molecule is CC(C)(C)OC(=O)N1CCc2nc(CO)ccc2C1. The second-order valence-electron chi connectivity index (χ2n) is 5.72. The van der Waals surface area contributed by atoms with Crippen LogP contribution >= 0.6 is 0 Å². The van der Waals surface area contributed by atoms with E-state index in [1.807, 2.05) is 26.8 Å². The Morgan fingerprint density at radius 3 is 2.84 bits per heavy atom. The fourth-order valence-electron chi connectivity index (χ4n) is 2.03. The van der Waals surface area contributed by atoms with E-state index >= 15 is 0 Å². The number of aromatic nitrogens is 1. The van der Waals surface area contributed by atoms with Gasteiger partial charge in [0.2, 0.25) is 0 Å². The molecule has 0 bridgehead atoms. The smallest absolute Gasteiger partial charge is 0.410 e. The van der Waals surface area contributed by atoms with E-state index in [9.17, 15) is 4.79 Å². The number of rotatable bonds is 1. The van der Waals surface area contributed by atoms with Crippen molar-refractivity contribution >= 4 is 6.09 Å². The highest BCUT2D eigenvalue weighted by Crippen LogP contribution is 2.20. The van der Waals surface area contributed by atoms with Crippen molar-refractivity contribution in [3.8, 4) is 0 Å². The van der Waals surface area contributed by atoms with E-state index < -0.39 is 5.60 Å². The minimum absolute atomic E-state index is 0.0525. The number of carbonyl (C=O) groups is 1. The van der Waals surface area contributed by atoms with Gasteiger partial charge in [-0.25, -0.2) is 4.79 Å². The summed E-state index contributed by atoms with van der Waals surface area (Å²) in [6.07, 6.45) is 0.409. The first kappa shape index (κ1) is 13.8. The summed E-state index contributed by atoms with van der Waals surface area (Å²) in [5.41, 5.74) is 2.18. The van der Waals surface area contributed by atoms with E-state index in [1.165, 1.54) is 0 Å². The van der Waals surface area contributed by atoms with Crippen molar-refractivity contribution in [3.05, 3.63) is 29.1 Å². The van der Waals surface area contributed by atoms with Crippen molar-refractivity contribution in [1.29, 1.82) is 0 Å². The Bertz CT molecular complexity index is 480. The zero-order valence-corrected chi connectivity index (χ0v) is 11.6. The van der Waals surface area contributed by atoms with Crippen molar-refractivity contribution in [2.45, 2.75) is 45.9 Å². The molecule has 2 rings (SSSR count). The van der Waals surface area contributed by atoms with Crippen molar-refractivity contribution in [3.63, 3.8) is 0 Å². The Labute approximate surface area is 113 Å². The molecule has 0 atom stereocenters. The van der Waals surface area contributed by atoms with Gasteiger partial charge in [-0.15, -0.1) is 0 Å². The summed E-state index contributed by atoms with van der Waals surface area (Å²) in [6.45, 7) is 6.64. The maximum absolute atomic E-state index is 12.0. The van der Waals surface area contributed by atoms with Crippen LogP contribution in [0.15, 0.2) is 12.1 Å². The van der Waals surface area contributed by atoms with Gasteiger partial charge in [0.15, 0.2) is 0 Å². The van der Waals surface area contributed by atoms with Crippen LogP contribution in [-0.4, -0.2) is 33.2 Å². The van der Waals surface area contributed by atoms with Gasteiger partial charge in [-0.2, -0.15) is 0 Å². The maximum atomic E-state index is 12.0. The number of pyridine rings is 1. The molecule has 19 heavy (non-hydrogen) atoms. The molecule has 2 heterocycles. The van der Waals surface area contributed by atoms with E-state index in [1.54, 1.807) is 11.0 Å². The molecular weight excluding hydrogens is 244 g/mol. The molecule has 104 valence electrons. The highest BCUT2D eigenvalue weighted by Gasteiger charge is 2.26. The van der Waals surface area contributed by atoms with Crippen LogP contribution in [-0.2, 0) is 24.3 Å². The van der Waals surface area contributed by atoms with E-state index in [-0.39, 0.29) is 12.7 Å². The Hall–Kier alpha value is -1.62. The lowest BCUT2D eigenvalue weighted by molar-refractivity contribution is 0.0222. The van der Waals surface area contributed by atoms with E-state index in [2.05, 4.69) is 4.98 Å². The van der Waals surface area contributed by atoms with Gasteiger partial charge in [0.05, 0.1) is 18.8 Å². The van der Waals surface area contributed by atoms with Gasteiger partial charge < -0.3 is 14.7 Å². The maximum Gasteiger partial charge on any atom is 0.410 e. The lowest BCUT2D eigenvalue weighted by atomic mass is 10.1. The summed E-state index contributed by atoms with van der Waals surface area (Å²) in [7, 11) is 0. The third-order valence-electron chi connectivity index (χ3n) is 2.92. The van der Waals surface area contributed by atoms with Gasteiger partial charge in [0.1, 0.15) is 5.60 Å². The monoisotopic (exact) mass is 264 g/mol. The number of hydrogen-bond acceptors (Lipinski definition) is 4. The fourth-order valence-corrected chi connectivity index (χ4v) is 2.03. The molecule has 5 nitrogen and oxygen atoms in total. The average molecular weight is 264 g/mol. The first-order valence-corrected chi connectivity index (χ1v) is 6.45. The van der Waals surface area contributed by atoms with Gasteiger partial charge >= 0.3 is 6.09 Å². The number of carbonyl (C=O) groups excluding carboxylic acids is 1. The molecule has 0 aromatic carbocycles. The predicted octanol–water partition coefficient (Wildman–Crippen LogP) is 1.87. The molecule has 0 fully saturated rings. The summed E-state index contributed by atoms with van der Waals surface area (Å²) in [4.78, 5) is 18.0. The van der Waals surface area contributed by atoms with Gasteiger partial charge in [-0.1, -0.05) is 6.07 Å². The minimum atomic E-state index is -0.476. The van der Waals surface area contributed by atoms with Gasteiger partial charge in [-0.05, 0) is 32.4 Å². The molecule has 5 heteroatoms. The second-order valence-corrected chi connectivity index (χ2v) is 5.72. The Kier molecular flexibility index (Phi) is 3.75. The van der Waals surface area contributed by atoms with Crippen molar-refractivity contribution in [2.24, 2.45) is 0 Å². The fraction of sp³-hybridized carbons (Fsp3) is 0.571. The van der Waals surface area contributed by atoms with E-state index in [4.69, 9.17) is 9.84 Å². The van der Waals surface area contributed by atoms with E-state index in [0.717, 1.165) is 11.3 Å². The molecule has 1 N–H and O–H groups in total. The molecule has 0 saturated carbocycles. The largest absolute Gasteiger partial charge is 0.444 e. The molecule has 1 aromatic heterocycles. The Morgan fingerprint density at radius 1 is 1.47 bits per heavy atom. The van der Waals surface area contributed by atoms with Gasteiger partial charge in [0, 0.05) is 18.7 Å². The minimum Gasteiger partial charge on any atom is -0.444 e. The highest BCUT2D eigenvalue weighted by molar-refractivity contribution is 5.68.